The summed E-state index contributed by atoms with van der Waals surface area (Å²) < 4.78 is 5.76. The molecule has 6 heteroatoms. The first kappa shape index (κ1) is 16.6. The second-order valence-corrected chi connectivity index (χ2v) is 7.58. The molecular formula is C15H25N3OS2. The summed E-state index contributed by atoms with van der Waals surface area (Å²) in [6.07, 6.45) is 4.39. The fourth-order valence-corrected chi connectivity index (χ4v) is 4.05. The maximum Gasteiger partial charge on any atom is 0.191 e. The van der Waals surface area contributed by atoms with E-state index in [0.717, 1.165) is 45.1 Å². The summed E-state index contributed by atoms with van der Waals surface area (Å²) >= 11 is 3.73. The highest BCUT2D eigenvalue weighted by Gasteiger charge is 2.31. The van der Waals surface area contributed by atoms with E-state index in [1.165, 1.54) is 10.4 Å². The molecule has 2 heterocycles. The molecule has 1 aliphatic rings. The third-order valence-electron chi connectivity index (χ3n) is 4.02. The quantitative estimate of drug-likeness (QED) is 0.645. The molecule has 4 nitrogen and oxygen atoms in total. The van der Waals surface area contributed by atoms with Gasteiger partial charge in [-0.15, -0.1) is 11.3 Å². The summed E-state index contributed by atoms with van der Waals surface area (Å²) in [4.78, 5) is 5.69. The summed E-state index contributed by atoms with van der Waals surface area (Å²) in [6, 6.07) is 2.16. The Labute approximate surface area is 135 Å². The molecule has 118 valence electrons. The minimum Gasteiger partial charge on any atom is -0.381 e. The molecule has 0 radical (unpaired) electrons. The number of thioether (sulfide) groups is 1. The summed E-state index contributed by atoms with van der Waals surface area (Å²) in [5.74, 6) is 0.878. The summed E-state index contributed by atoms with van der Waals surface area (Å²) in [6.45, 7) is 5.64. The molecule has 1 aromatic rings. The zero-order valence-electron chi connectivity index (χ0n) is 13.1. The van der Waals surface area contributed by atoms with Gasteiger partial charge in [-0.3, -0.25) is 4.99 Å². The Bertz CT molecular complexity index is 467. The number of ether oxygens (including phenoxy) is 1. The number of thiophene rings is 1. The van der Waals surface area contributed by atoms with Gasteiger partial charge in [0.2, 0.25) is 0 Å². The summed E-state index contributed by atoms with van der Waals surface area (Å²) in [7, 11) is 1.83. The number of nitrogens with zero attached hydrogens (tertiary/aromatic N) is 1. The van der Waals surface area contributed by atoms with Crippen LogP contribution < -0.4 is 10.6 Å². The Kier molecular flexibility index (Phi) is 6.39. The van der Waals surface area contributed by atoms with Gasteiger partial charge in [0.15, 0.2) is 5.96 Å². The molecule has 1 saturated heterocycles. The van der Waals surface area contributed by atoms with Crippen molar-refractivity contribution in [3.8, 4) is 0 Å². The van der Waals surface area contributed by atoms with Crippen molar-refractivity contribution in [3.63, 3.8) is 0 Å². The highest BCUT2D eigenvalue weighted by atomic mass is 32.2. The standard InChI is InChI=1S/C15H25N3OS2/c1-12-4-9-21-13(12)10-17-14(16-2)18-11-15(20-3)5-7-19-8-6-15/h4,9H,5-8,10-11H2,1-3H3,(H2,16,17,18). The highest BCUT2D eigenvalue weighted by Crippen LogP contribution is 2.32. The number of hydrogen-bond acceptors (Lipinski definition) is 4. The van der Waals surface area contributed by atoms with E-state index in [4.69, 9.17) is 4.74 Å². The maximum atomic E-state index is 5.48. The van der Waals surface area contributed by atoms with E-state index >= 15 is 0 Å². The molecular weight excluding hydrogens is 302 g/mol. The Morgan fingerprint density at radius 1 is 1.43 bits per heavy atom. The van der Waals surface area contributed by atoms with Crippen LogP contribution >= 0.6 is 23.1 Å². The van der Waals surface area contributed by atoms with E-state index in [-0.39, 0.29) is 4.75 Å². The van der Waals surface area contributed by atoms with Crippen molar-refractivity contribution in [2.75, 3.05) is 33.1 Å². The Morgan fingerprint density at radius 2 is 2.19 bits per heavy atom. The molecule has 21 heavy (non-hydrogen) atoms. The van der Waals surface area contributed by atoms with Gasteiger partial charge >= 0.3 is 0 Å². The number of rotatable bonds is 5. The molecule has 2 rings (SSSR count). The average molecular weight is 328 g/mol. The number of aliphatic imine (C=N–C) groups is 1. The van der Waals surface area contributed by atoms with Crippen LogP contribution in [0.1, 0.15) is 23.3 Å². The van der Waals surface area contributed by atoms with Gasteiger partial charge in [-0.25, -0.2) is 0 Å². The van der Waals surface area contributed by atoms with E-state index in [1.54, 1.807) is 11.3 Å². The number of hydrogen-bond donors (Lipinski definition) is 2. The SMILES string of the molecule is CN=C(NCc1sccc1C)NCC1(SC)CCOCC1. The normalized spacial score (nSPS) is 18.5. The number of nitrogens with one attached hydrogen (secondary N) is 2. The predicted molar refractivity (Wildman–Crippen MR) is 93.6 cm³/mol. The maximum absolute atomic E-state index is 5.48. The Morgan fingerprint density at radius 3 is 2.76 bits per heavy atom. The molecule has 0 unspecified atom stereocenters. The van der Waals surface area contributed by atoms with Gasteiger partial charge in [-0.2, -0.15) is 11.8 Å². The van der Waals surface area contributed by atoms with Crippen molar-refractivity contribution in [1.29, 1.82) is 0 Å². The lowest BCUT2D eigenvalue weighted by Crippen LogP contribution is -2.47. The highest BCUT2D eigenvalue weighted by molar-refractivity contribution is 8.00. The van der Waals surface area contributed by atoms with Crippen molar-refractivity contribution in [1.82, 2.24) is 10.6 Å². The van der Waals surface area contributed by atoms with Gasteiger partial charge in [-0.05, 0) is 43.0 Å². The van der Waals surface area contributed by atoms with E-state index < -0.39 is 0 Å². The number of aryl methyl sites for hydroxylation is 1. The van der Waals surface area contributed by atoms with Crippen LogP contribution in [0.15, 0.2) is 16.4 Å². The Balaban J connectivity index is 1.83. The lowest BCUT2D eigenvalue weighted by Gasteiger charge is -2.36. The molecule has 1 aromatic heterocycles. The summed E-state index contributed by atoms with van der Waals surface area (Å²) in [5.41, 5.74) is 1.34. The second kappa shape index (κ2) is 8.06. The van der Waals surface area contributed by atoms with Crippen LogP contribution in [-0.2, 0) is 11.3 Å². The van der Waals surface area contributed by atoms with Gasteiger partial charge in [0.25, 0.3) is 0 Å². The summed E-state index contributed by atoms with van der Waals surface area (Å²) in [5, 5.41) is 9.01. The molecule has 0 aromatic carbocycles. The van der Waals surface area contributed by atoms with E-state index in [1.807, 2.05) is 18.8 Å². The predicted octanol–water partition coefficient (Wildman–Crippen LogP) is 2.63. The lowest BCUT2D eigenvalue weighted by atomic mass is 9.99. The minimum absolute atomic E-state index is 0.273. The van der Waals surface area contributed by atoms with E-state index in [0.29, 0.717) is 0 Å². The van der Waals surface area contributed by atoms with Gasteiger partial charge in [-0.1, -0.05) is 0 Å². The first-order chi connectivity index (χ1) is 10.2. The van der Waals surface area contributed by atoms with Crippen LogP contribution in [0.5, 0.6) is 0 Å². The lowest BCUT2D eigenvalue weighted by molar-refractivity contribution is 0.0783. The van der Waals surface area contributed by atoms with Crippen molar-refractivity contribution in [2.24, 2.45) is 4.99 Å². The molecule has 0 spiro atoms. The molecule has 0 saturated carbocycles. The second-order valence-electron chi connectivity index (χ2n) is 5.31. The third kappa shape index (κ3) is 4.63. The minimum atomic E-state index is 0.273. The van der Waals surface area contributed by atoms with Gasteiger partial charge in [0.05, 0.1) is 6.54 Å². The zero-order valence-corrected chi connectivity index (χ0v) is 14.7. The Hall–Kier alpha value is -0.720. The van der Waals surface area contributed by atoms with Gasteiger partial charge in [0, 0.05) is 36.4 Å². The monoisotopic (exact) mass is 327 g/mol. The largest absolute Gasteiger partial charge is 0.381 e. The first-order valence-electron chi connectivity index (χ1n) is 7.29. The first-order valence-corrected chi connectivity index (χ1v) is 9.40. The van der Waals surface area contributed by atoms with E-state index in [2.05, 4.69) is 40.3 Å². The van der Waals surface area contributed by atoms with Crippen LogP contribution in [0.25, 0.3) is 0 Å². The number of guanidine groups is 1. The fraction of sp³-hybridized carbons (Fsp3) is 0.667. The fourth-order valence-electron chi connectivity index (χ4n) is 2.41. The van der Waals surface area contributed by atoms with E-state index in [9.17, 15) is 0 Å². The van der Waals surface area contributed by atoms with Gasteiger partial charge < -0.3 is 15.4 Å². The van der Waals surface area contributed by atoms with Crippen molar-refractivity contribution in [3.05, 3.63) is 21.9 Å². The molecule has 0 bridgehead atoms. The van der Waals surface area contributed by atoms with Crippen molar-refractivity contribution in [2.45, 2.75) is 31.1 Å². The van der Waals surface area contributed by atoms with Crippen molar-refractivity contribution >= 4 is 29.1 Å². The molecule has 1 aliphatic heterocycles. The van der Waals surface area contributed by atoms with Crippen LogP contribution in [0, 0.1) is 6.92 Å². The molecule has 0 aliphatic carbocycles. The third-order valence-corrected chi connectivity index (χ3v) is 6.46. The van der Waals surface area contributed by atoms with Crippen LogP contribution in [0.4, 0.5) is 0 Å². The van der Waals surface area contributed by atoms with Crippen LogP contribution in [0.2, 0.25) is 0 Å². The molecule has 0 atom stereocenters. The topological polar surface area (TPSA) is 45.7 Å². The van der Waals surface area contributed by atoms with Crippen molar-refractivity contribution < 1.29 is 4.74 Å². The van der Waals surface area contributed by atoms with Crippen LogP contribution in [0.3, 0.4) is 0 Å². The molecule has 1 fully saturated rings. The molecule has 0 amide bonds. The van der Waals surface area contributed by atoms with Gasteiger partial charge in [0.1, 0.15) is 0 Å². The van der Waals surface area contributed by atoms with Crippen LogP contribution in [-0.4, -0.2) is 43.8 Å². The smallest absolute Gasteiger partial charge is 0.191 e. The molecule has 2 N–H and O–H groups in total. The average Bonchev–Trinajstić information content (AvgIpc) is 2.94. The zero-order chi connectivity index (χ0) is 15.1.